The number of carbonyl (C=O) groups is 2. The summed E-state index contributed by atoms with van der Waals surface area (Å²) in [5.74, 6) is -0.421. The van der Waals surface area contributed by atoms with Crippen LogP contribution in [0, 0.1) is 0 Å². The number of nitrogens with zero attached hydrogens (tertiary/aromatic N) is 1. The van der Waals surface area contributed by atoms with E-state index in [0.717, 1.165) is 17.7 Å². The van der Waals surface area contributed by atoms with E-state index in [1.54, 1.807) is 35.6 Å². The third-order valence-corrected chi connectivity index (χ3v) is 5.21. The quantitative estimate of drug-likeness (QED) is 0.768. The van der Waals surface area contributed by atoms with Crippen LogP contribution in [0.25, 0.3) is 0 Å². The van der Waals surface area contributed by atoms with Crippen LogP contribution in [0.4, 0.5) is 0 Å². The first kappa shape index (κ1) is 17.6. The summed E-state index contributed by atoms with van der Waals surface area (Å²) in [7, 11) is 1.34. The molecule has 0 unspecified atom stereocenters. The molecule has 1 aliphatic rings. The molecule has 25 heavy (non-hydrogen) atoms. The average Bonchev–Trinajstić information content (AvgIpc) is 3.19. The maximum Gasteiger partial charge on any atom is 0.337 e. The van der Waals surface area contributed by atoms with E-state index in [4.69, 9.17) is 9.47 Å². The Labute approximate surface area is 151 Å². The summed E-state index contributed by atoms with van der Waals surface area (Å²) in [6.07, 6.45) is 1.69. The predicted molar refractivity (Wildman–Crippen MR) is 95.8 cm³/mol. The summed E-state index contributed by atoms with van der Waals surface area (Å²) in [6, 6.07) is 10.9. The topological polar surface area (TPSA) is 55.8 Å². The summed E-state index contributed by atoms with van der Waals surface area (Å²) < 4.78 is 10.1. The molecule has 2 heterocycles. The number of ether oxygens (including phenoxy) is 2. The Kier molecular flexibility index (Phi) is 5.83. The SMILES string of the molecule is COC(=O)c1ccc(C(=O)N(Cc2cccs2)C2CCOCC2)cc1. The molecule has 3 rings (SSSR count). The Balaban J connectivity index is 1.81. The van der Waals surface area contributed by atoms with Gasteiger partial charge in [0.05, 0.1) is 19.2 Å². The van der Waals surface area contributed by atoms with Crippen LogP contribution in [0.3, 0.4) is 0 Å². The largest absolute Gasteiger partial charge is 0.465 e. The number of thiophene rings is 1. The van der Waals surface area contributed by atoms with Crippen molar-refractivity contribution >= 4 is 23.2 Å². The van der Waals surface area contributed by atoms with Gasteiger partial charge in [-0.25, -0.2) is 4.79 Å². The molecule has 0 saturated carbocycles. The number of amides is 1. The zero-order chi connectivity index (χ0) is 17.6. The van der Waals surface area contributed by atoms with Crippen LogP contribution in [0.1, 0.15) is 38.4 Å². The van der Waals surface area contributed by atoms with Crippen LogP contribution in [0.15, 0.2) is 41.8 Å². The Morgan fingerprint density at radius 2 is 1.84 bits per heavy atom. The second kappa shape index (κ2) is 8.27. The van der Waals surface area contributed by atoms with Gasteiger partial charge in [-0.05, 0) is 48.6 Å². The number of hydrogen-bond acceptors (Lipinski definition) is 5. The molecule has 1 aromatic carbocycles. The van der Waals surface area contributed by atoms with Gasteiger partial charge in [0.25, 0.3) is 5.91 Å². The third kappa shape index (κ3) is 4.27. The van der Waals surface area contributed by atoms with Gasteiger partial charge in [-0.2, -0.15) is 0 Å². The number of rotatable bonds is 5. The molecule has 6 heteroatoms. The molecule has 0 aliphatic carbocycles. The lowest BCUT2D eigenvalue weighted by Gasteiger charge is -2.34. The normalized spacial score (nSPS) is 14.9. The minimum absolute atomic E-state index is 0.0169. The van der Waals surface area contributed by atoms with Crippen molar-refractivity contribution in [3.05, 3.63) is 57.8 Å². The predicted octanol–water partition coefficient (Wildman–Crippen LogP) is 3.36. The molecule has 1 fully saturated rings. The van der Waals surface area contributed by atoms with E-state index in [0.29, 0.717) is 30.9 Å². The molecule has 5 nitrogen and oxygen atoms in total. The van der Waals surface area contributed by atoms with Gasteiger partial charge in [0.1, 0.15) is 0 Å². The van der Waals surface area contributed by atoms with Crippen molar-refractivity contribution in [3.63, 3.8) is 0 Å². The Morgan fingerprint density at radius 3 is 2.44 bits per heavy atom. The average molecular weight is 359 g/mol. The van der Waals surface area contributed by atoms with E-state index in [1.807, 2.05) is 22.4 Å². The first-order valence-corrected chi connectivity index (χ1v) is 9.16. The Bertz CT molecular complexity index is 706. The summed E-state index contributed by atoms with van der Waals surface area (Å²) >= 11 is 1.65. The van der Waals surface area contributed by atoms with Gasteiger partial charge >= 0.3 is 5.97 Å². The molecule has 2 aromatic rings. The maximum atomic E-state index is 13.1. The van der Waals surface area contributed by atoms with Crippen LogP contribution in [0.5, 0.6) is 0 Å². The molecule has 1 saturated heterocycles. The molecule has 132 valence electrons. The molecule has 0 bridgehead atoms. The van der Waals surface area contributed by atoms with Crippen molar-refractivity contribution in [1.82, 2.24) is 4.90 Å². The van der Waals surface area contributed by atoms with E-state index in [9.17, 15) is 9.59 Å². The van der Waals surface area contributed by atoms with Crippen molar-refractivity contribution in [2.45, 2.75) is 25.4 Å². The summed E-state index contributed by atoms with van der Waals surface area (Å²) in [5.41, 5.74) is 1.02. The van der Waals surface area contributed by atoms with E-state index in [-0.39, 0.29) is 11.9 Å². The fraction of sp³-hybridized carbons (Fsp3) is 0.368. The lowest BCUT2D eigenvalue weighted by atomic mass is 10.0. The molecule has 1 aromatic heterocycles. The molecule has 0 radical (unpaired) electrons. The van der Waals surface area contributed by atoms with Crippen LogP contribution in [-0.4, -0.2) is 43.1 Å². The highest BCUT2D eigenvalue weighted by atomic mass is 32.1. The summed E-state index contributed by atoms with van der Waals surface area (Å²) in [6.45, 7) is 1.96. The standard InChI is InChI=1S/C19H21NO4S/c1-23-19(22)15-6-4-14(5-7-15)18(21)20(13-17-3-2-12-25-17)16-8-10-24-11-9-16/h2-7,12,16H,8-11,13H2,1H3. The highest BCUT2D eigenvalue weighted by Gasteiger charge is 2.27. The van der Waals surface area contributed by atoms with Gasteiger partial charge in [-0.1, -0.05) is 6.07 Å². The molecular formula is C19H21NO4S. The number of methoxy groups -OCH3 is 1. The van der Waals surface area contributed by atoms with E-state index >= 15 is 0 Å². The molecule has 1 aliphatic heterocycles. The van der Waals surface area contributed by atoms with Gasteiger partial charge in [0.2, 0.25) is 0 Å². The maximum absolute atomic E-state index is 13.1. The second-order valence-corrected chi connectivity index (χ2v) is 6.96. The summed E-state index contributed by atoms with van der Waals surface area (Å²) in [5, 5.41) is 2.02. The van der Waals surface area contributed by atoms with Crippen molar-refractivity contribution in [1.29, 1.82) is 0 Å². The van der Waals surface area contributed by atoms with Crippen LogP contribution < -0.4 is 0 Å². The van der Waals surface area contributed by atoms with Crippen LogP contribution >= 0.6 is 11.3 Å². The van der Waals surface area contributed by atoms with Crippen LogP contribution in [0.2, 0.25) is 0 Å². The Morgan fingerprint density at radius 1 is 1.16 bits per heavy atom. The number of carbonyl (C=O) groups excluding carboxylic acids is 2. The minimum Gasteiger partial charge on any atom is -0.465 e. The van der Waals surface area contributed by atoms with Gasteiger partial charge in [0.15, 0.2) is 0 Å². The van der Waals surface area contributed by atoms with E-state index in [2.05, 4.69) is 0 Å². The van der Waals surface area contributed by atoms with E-state index < -0.39 is 5.97 Å². The summed E-state index contributed by atoms with van der Waals surface area (Å²) in [4.78, 5) is 27.7. The zero-order valence-corrected chi connectivity index (χ0v) is 15.0. The molecule has 1 amide bonds. The van der Waals surface area contributed by atoms with Crippen molar-refractivity contribution in [3.8, 4) is 0 Å². The molecule has 0 atom stereocenters. The lowest BCUT2D eigenvalue weighted by molar-refractivity contribution is 0.0269. The highest BCUT2D eigenvalue weighted by molar-refractivity contribution is 7.09. The smallest absolute Gasteiger partial charge is 0.337 e. The lowest BCUT2D eigenvalue weighted by Crippen LogP contribution is -2.42. The minimum atomic E-state index is -0.404. The first-order valence-electron chi connectivity index (χ1n) is 8.28. The third-order valence-electron chi connectivity index (χ3n) is 4.35. The first-order chi connectivity index (χ1) is 12.2. The van der Waals surface area contributed by atoms with Crippen LogP contribution in [-0.2, 0) is 16.0 Å². The number of hydrogen-bond donors (Lipinski definition) is 0. The van der Waals surface area contributed by atoms with Gasteiger partial charge in [0, 0.05) is 29.7 Å². The molecular weight excluding hydrogens is 338 g/mol. The fourth-order valence-electron chi connectivity index (χ4n) is 2.97. The van der Waals surface area contributed by atoms with E-state index in [1.165, 1.54) is 7.11 Å². The van der Waals surface area contributed by atoms with Crippen molar-refractivity contribution in [2.24, 2.45) is 0 Å². The fourth-order valence-corrected chi connectivity index (χ4v) is 3.67. The highest BCUT2D eigenvalue weighted by Crippen LogP contribution is 2.22. The van der Waals surface area contributed by atoms with Gasteiger partial charge in [-0.3, -0.25) is 4.79 Å². The second-order valence-electron chi connectivity index (χ2n) is 5.92. The van der Waals surface area contributed by atoms with Crippen molar-refractivity contribution in [2.75, 3.05) is 20.3 Å². The Hall–Kier alpha value is -2.18. The van der Waals surface area contributed by atoms with Gasteiger partial charge < -0.3 is 14.4 Å². The molecule has 0 N–H and O–H groups in total. The van der Waals surface area contributed by atoms with Crippen molar-refractivity contribution < 1.29 is 19.1 Å². The number of esters is 1. The zero-order valence-electron chi connectivity index (χ0n) is 14.1. The monoisotopic (exact) mass is 359 g/mol. The number of benzene rings is 1. The molecule has 0 spiro atoms. The van der Waals surface area contributed by atoms with Gasteiger partial charge in [-0.15, -0.1) is 11.3 Å².